The Bertz CT molecular complexity index is 661. The lowest BCUT2D eigenvalue weighted by Crippen LogP contribution is -2.13. The van der Waals surface area contributed by atoms with Gasteiger partial charge in [-0.2, -0.15) is 0 Å². The fourth-order valence-corrected chi connectivity index (χ4v) is 2.05. The van der Waals surface area contributed by atoms with E-state index in [9.17, 15) is 4.79 Å². The monoisotopic (exact) mass is 290 g/mol. The number of benzene rings is 2. The molecular weight excluding hydrogens is 276 g/mol. The molecule has 0 aliphatic carbocycles. The van der Waals surface area contributed by atoms with Crippen molar-refractivity contribution in [1.29, 1.82) is 0 Å². The van der Waals surface area contributed by atoms with Gasteiger partial charge in [-0.3, -0.25) is 4.79 Å². The number of carbonyl (C=O) groups is 1. The zero-order valence-electron chi connectivity index (χ0n) is 11.2. The number of primary amides is 1. The predicted molar refractivity (Wildman–Crippen MR) is 80.4 cm³/mol. The summed E-state index contributed by atoms with van der Waals surface area (Å²) >= 11 is 6.11. The first-order valence-corrected chi connectivity index (χ1v) is 6.41. The molecule has 0 bridgehead atoms. The maximum Gasteiger partial charge on any atom is 0.252 e. The van der Waals surface area contributed by atoms with Gasteiger partial charge in [-0.25, -0.2) is 0 Å². The van der Waals surface area contributed by atoms with Gasteiger partial charge in [-0.05, 0) is 49.2 Å². The van der Waals surface area contributed by atoms with E-state index >= 15 is 0 Å². The molecule has 2 rings (SSSR count). The van der Waals surface area contributed by atoms with Gasteiger partial charge in [0.05, 0.1) is 11.3 Å². The third-order valence-electron chi connectivity index (χ3n) is 2.94. The van der Waals surface area contributed by atoms with Crippen molar-refractivity contribution in [2.75, 3.05) is 5.73 Å². The number of anilines is 1. The molecule has 2 aromatic carbocycles. The molecular formula is C15H15ClN2O2. The van der Waals surface area contributed by atoms with E-state index in [4.69, 9.17) is 27.8 Å². The van der Waals surface area contributed by atoms with Crippen LogP contribution < -0.4 is 16.2 Å². The van der Waals surface area contributed by atoms with Gasteiger partial charge in [0.15, 0.2) is 5.75 Å². The highest BCUT2D eigenvalue weighted by Gasteiger charge is 2.14. The third-order valence-corrected chi connectivity index (χ3v) is 3.54. The number of aryl methyl sites for hydroxylation is 2. The van der Waals surface area contributed by atoms with Crippen LogP contribution in [0.15, 0.2) is 30.3 Å². The first-order chi connectivity index (χ1) is 9.40. The minimum Gasteiger partial charge on any atom is -0.454 e. The Hall–Kier alpha value is -2.20. The van der Waals surface area contributed by atoms with Crippen LogP contribution in [-0.2, 0) is 0 Å². The van der Waals surface area contributed by atoms with Crippen LogP contribution in [0, 0.1) is 13.8 Å². The highest BCUT2D eigenvalue weighted by Crippen LogP contribution is 2.34. The molecule has 20 heavy (non-hydrogen) atoms. The van der Waals surface area contributed by atoms with Crippen molar-refractivity contribution in [1.82, 2.24) is 0 Å². The smallest absolute Gasteiger partial charge is 0.252 e. The van der Waals surface area contributed by atoms with E-state index in [1.165, 1.54) is 0 Å². The number of ether oxygens (including phenoxy) is 1. The van der Waals surface area contributed by atoms with Crippen molar-refractivity contribution in [3.05, 3.63) is 52.0 Å². The summed E-state index contributed by atoms with van der Waals surface area (Å²) in [4.78, 5) is 11.4. The number of halogens is 1. The van der Waals surface area contributed by atoms with E-state index in [2.05, 4.69) is 0 Å². The minimum atomic E-state index is -0.588. The SMILES string of the molecule is Cc1cc(Oc2c(N)cccc2C(N)=O)cc(C)c1Cl. The number of hydrogen-bond donors (Lipinski definition) is 2. The van der Waals surface area contributed by atoms with E-state index in [0.717, 1.165) is 11.1 Å². The maximum atomic E-state index is 11.4. The molecule has 4 nitrogen and oxygen atoms in total. The summed E-state index contributed by atoms with van der Waals surface area (Å²) < 4.78 is 5.73. The van der Waals surface area contributed by atoms with E-state index in [0.29, 0.717) is 16.5 Å². The maximum absolute atomic E-state index is 11.4. The molecule has 4 N–H and O–H groups in total. The Morgan fingerprint density at radius 2 is 1.80 bits per heavy atom. The van der Waals surface area contributed by atoms with Gasteiger partial charge in [0.1, 0.15) is 5.75 Å². The molecule has 0 aliphatic rings. The lowest BCUT2D eigenvalue weighted by atomic mass is 10.1. The Balaban J connectivity index is 2.47. The highest BCUT2D eigenvalue weighted by atomic mass is 35.5. The second kappa shape index (κ2) is 5.43. The lowest BCUT2D eigenvalue weighted by Gasteiger charge is -2.13. The van der Waals surface area contributed by atoms with Crippen molar-refractivity contribution >= 4 is 23.2 Å². The van der Waals surface area contributed by atoms with Crippen LogP contribution in [0.5, 0.6) is 11.5 Å². The Kier molecular flexibility index (Phi) is 3.86. The summed E-state index contributed by atoms with van der Waals surface area (Å²) in [7, 11) is 0. The number of carbonyl (C=O) groups excluding carboxylic acids is 1. The van der Waals surface area contributed by atoms with E-state index < -0.39 is 5.91 Å². The highest BCUT2D eigenvalue weighted by molar-refractivity contribution is 6.32. The standard InChI is InChI=1S/C15H15ClN2O2/c1-8-6-10(7-9(2)13(8)16)20-14-11(15(18)19)4-3-5-12(14)17/h3-7H,17H2,1-2H3,(H2,18,19). The number of nitrogens with two attached hydrogens (primary N) is 2. The van der Waals surface area contributed by atoms with Gasteiger partial charge in [-0.1, -0.05) is 17.7 Å². The summed E-state index contributed by atoms with van der Waals surface area (Å²) in [6.07, 6.45) is 0. The summed E-state index contributed by atoms with van der Waals surface area (Å²) in [5.41, 5.74) is 13.6. The van der Waals surface area contributed by atoms with Crippen LogP contribution in [0.1, 0.15) is 21.5 Å². The van der Waals surface area contributed by atoms with E-state index in [1.54, 1.807) is 30.3 Å². The number of hydrogen-bond acceptors (Lipinski definition) is 3. The van der Waals surface area contributed by atoms with E-state index in [1.807, 2.05) is 13.8 Å². The molecule has 0 aromatic heterocycles. The minimum absolute atomic E-state index is 0.246. The first-order valence-electron chi connectivity index (χ1n) is 6.03. The fraction of sp³-hybridized carbons (Fsp3) is 0.133. The van der Waals surface area contributed by atoms with Crippen LogP contribution in [0.2, 0.25) is 5.02 Å². The second-order valence-corrected chi connectivity index (χ2v) is 4.94. The van der Waals surface area contributed by atoms with Crippen molar-refractivity contribution in [3.63, 3.8) is 0 Å². The molecule has 5 heteroatoms. The summed E-state index contributed by atoms with van der Waals surface area (Å²) in [6.45, 7) is 3.76. The molecule has 104 valence electrons. The van der Waals surface area contributed by atoms with Gasteiger partial charge in [0.2, 0.25) is 0 Å². The molecule has 0 atom stereocenters. The van der Waals surface area contributed by atoms with Gasteiger partial charge in [0, 0.05) is 5.02 Å². The van der Waals surface area contributed by atoms with Crippen LogP contribution in [0.25, 0.3) is 0 Å². The molecule has 1 amide bonds. The van der Waals surface area contributed by atoms with E-state index in [-0.39, 0.29) is 11.3 Å². The lowest BCUT2D eigenvalue weighted by molar-refractivity contribution is 0.0998. The fourth-order valence-electron chi connectivity index (χ4n) is 1.95. The number of rotatable bonds is 3. The van der Waals surface area contributed by atoms with Crippen molar-refractivity contribution in [3.8, 4) is 11.5 Å². The Morgan fingerprint density at radius 3 is 2.35 bits per heavy atom. The number of nitrogen functional groups attached to an aromatic ring is 1. The summed E-state index contributed by atoms with van der Waals surface area (Å²) in [6, 6.07) is 8.45. The molecule has 2 aromatic rings. The third kappa shape index (κ3) is 2.70. The van der Waals surface area contributed by atoms with Gasteiger partial charge >= 0.3 is 0 Å². The Labute approximate surface area is 122 Å². The zero-order valence-corrected chi connectivity index (χ0v) is 12.0. The summed E-state index contributed by atoms with van der Waals surface area (Å²) in [5, 5.41) is 0.688. The van der Waals surface area contributed by atoms with Gasteiger partial charge in [-0.15, -0.1) is 0 Å². The van der Waals surface area contributed by atoms with Crippen molar-refractivity contribution in [2.45, 2.75) is 13.8 Å². The average molecular weight is 291 g/mol. The number of para-hydroxylation sites is 1. The number of amides is 1. The molecule has 0 spiro atoms. The molecule has 0 saturated carbocycles. The van der Waals surface area contributed by atoms with Gasteiger partial charge < -0.3 is 16.2 Å². The summed E-state index contributed by atoms with van der Waals surface area (Å²) in [5.74, 6) is 0.237. The largest absolute Gasteiger partial charge is 0.454 e. The first kappa shape index (κ1) is 14.2. The van der Waals surface area contributed by atoms with Gasteiger partial charge in [0.25, 0.3) is 5.91 Å². The second-order valence-electron chi connectivity index (χ2n) is 4.56. The molecule has 0 fully saturated rings. The molecule has 0 unspecified atom stereocenters. The molecule has 0 radical (unpaired) electrons. The molecule has 0 heterocycles. The topological polar surface area (TPSA) is 78.3 Å². The van der Waals surface area contributed by atoms with Crippen LogP contribution >= 0.6 is 11.6 Å². The average Bonchev–Trinajstić information content (AvgIpc) is 2.38. The predicted octanol–water partition coefficient (Wildman–Crippen LogP) is 3.43. The van der Waals surface area contributed by atoms with Crippen LogP contribution in [-0.4, -0.2) is 5.91 Å². The van der Waals surface area contributed by atoms with Crippen LogP contribution in [0.3, 0.4) is 0 Å². The zero-order chi connectivity index (χ0) is 14.9. The van der Waals surface area contributed by atoms with Crippen molar-refractivity contribution in [2.24, 2.45) is 5.73 Å². The normalized spacial score (nSPS) is 10.3. The Morgan fingerprint density at radius 1 is 1.20 bits per heavy atom. The van der Waals surface area contributed by atoms with Crippen molar-refractivity contribution < 1.29 is 9.53 Å². The quantitative estimate of drug-likeness (QED) is 0.850. The van der Waals surface area contributed by atoms with Crippen LogP contribution in [0.4, 0.5) is 5.69 Å². The molecule has 0 aliphatic heterocycles. The molecule has 0 saturated heterocycles.